The van der Waals surface area contributed by atoms with E-state index < -0.39 is 10.0 Å². The maximum Gasteiger partial charge on any atom is 0.241 e. The van der Waals surface area contributed by atoms with Gasteiger partial charge >= 0.3 is 0 Å². The average molecular weight is 445 g/mol. The van der Waals surface area contributed by atoms with Gasteiger partial charge in [-0.15, -0.1) is 0 Å². The number of amides is 1. The van der Waals surface area contributed by atoms with E-state index in [4.69, 9.17) is 9.47 Å². The van der Waals surface area contributed by atoms with Gasteiger partial charge in [-0.3, -0.25) is 9.10 Å². The summed E-state index contributed by atoms with van der Waals surface area (Å²) < 4.78 is 37.7. The first-order valence-corrected chi connectivity index (χ1v) is 12.3. The number of carbonyl (C=O) groups is 1. The molecule has 1 amide bonds. The maximum absolute atomic E-state index is 12.8. The Kier molecular flexibility index (Phi) is 6.09. The number of nitrogens with one attached hydrogen (secondary N) is 1. The lowest BCUT2D eigenvalue weighted by Gasteiger charge is -2.26. The summed E-state index contributed by atoms with van der Waals surface area (Å²) in [6.45, 7) is 4.02. The number of sulfonamides is 1. The standard InChI is InChI=1S/C23H28N2O5S/c1-3-31(27,28)25(20-9-10-21-22(14-20)30-12-11-29-21)15-23(26)24-16(2)18-8-7-17-5-4-6-19(17)13-18/h7-10,13-14,16H,3-6,11-12,15H2,1-2H3,(H,24,26)/t16-/m1/s1. The molecule has 7 nitrogen and oxygen atoms in total. The van der Waals surface area contributed by atoms with Crippen LogP contribution in [-0.4, -0.2) is 39.8 Å². The smallest absolute Gasteiger partial charge is 0.241 e. The number of carbonyl (C=O) groups excluding carboxylic acids is 1. The third-order valence-corrected chi connectivity index (χ3v) is 7.54. The molecule has 1 N–H and O–H groups in total. The molecule has 1 aliphatic carbocycles. The molecule has 0 aromatic heterocycles. The van der Waals surface area contributed by atoms with Crippen LogP contribution >= 0.6 is 0 Å². The second-order valence-corrected chi connectivity index (χ2v) is 10.1. The van der Waals surface area contributed by atoms with Crippen LogP contribution in [0.3, 0.4) is 0 Å². The molecular formula is C23H28N2O5S. The van der Waals surface area contributed by atoms with Crippen molar-refractivity contribution in [1.82, 2.24) is 5.32 Å². The van der Waals surface area contributed by atoms with Crippen molar-refractivity contribution < 1.29 is 22.7 Å². The van der Waals surface area contributed by atoms with E-state index in [9.17, 15) is 13.2 Å². The summed E-state index contributed by atoms with van der Waals surface area (Å²) in [5.41, 5.74) is 4.12. The van der Waals surface area contributed by atoms with Crippen molar-refractivity contribution in [3.63, 3.8) is 0 Å². The largest absolute Gasteiger partial charge is 0.486 e. The van der Waals surface area contributed by atoms with Crippen molar-refractivity contribution in [2.75, 3.05) is 29.8 Å². The second kappa shape index (κ2) is 8.78. The van der Waals surface area contributed by atoms with Crippen LogP contribution < -0.4 is 19.1 Å². The second-order valence-electron chi connectivity index (χ2n) is 7.91. The minimum absolute atomic E-state index is 0.116. The van der Waals surface area contributed by atoms with Crippen molar-refractivity contribution in [3.05, 3.63) is 53.1 Å². The number of nitrogens with zero attached hydrogens (tertiary/aromatic N) is 1. The molecule has 1 heterocycles. The first-order valence-electron chi connectivity index (χ1n) is 10.7. The molecule has 0 fully saturated rings. The van der Waals surface area contributed by atoms with E-state index in [-0.39, 0.29) is 24.2 Å². The van der Waals surface area contributed by atoms with Gasteiger partial charge in [-0.25, -0.2) is 8.42 Å². The zero-order valence-electron chi connectivity index (χ0n) is 17.9. The van der Waals surface area contributed by atoms with Gasteiger partial charge in [-0.05, 0) is 61.9 Å². The van der Waals surface area contributed by atoms with Crippen molar-refractivity contribution in [2.24, 2.45) is 0 Å². The number of benzene rings is 2. The highest BCUT2D eigenvalue weighted by atomic mass is 32.2. The summed E-state index contributed by atoms with van der Waals surface area (Å²) in [6, 6.07) is 11.0. The fraction of sp³-hybridized carbons (Fsp3) is 0.435. The van der Waals surface area contributed by atoms with Crippen LogP contribution in [0.2, 0.25) is 0 Å². The van der Waals surface area contributed by atoms with E-state index in [0.29, 0.717) is 30.4 Å². The third kappa shape index (κ3) is 4.63. The first-order chi connectivity index (χ1) is 14.9. The molecule has 1 atom stereocenters. The average Bonchev–Trinajstić information content (AvgIpc) is 3.25. The molecule has 2 aliphatic rings. The number of rotatable bonds is 7. The number of anilines is 1. The van der Waals surface area contributed by atoms with Crippen molar-refractivity contribution in [1.29, 1.82) is 0 Å². The van der Waals surface area contributed by atoms with Crippen LogP contribution in [0.15, 0.2) is 36.4 Å². The highest BCUT2D eigenvalue weighted by Crippen LogP contribution is 2.35. The molecule has 1 aliphatic heterocycles. The van der Waals surface area contributed by atoms with Crippen LogP contribution in [0.25, 0.3) is 0 Å². The van der Waals surface area contributed by atoms with E-state index in [0.717, 1.165) is 22.7 Å². The Morgan fingerprint density at radius 1 is 1.06 bits per heavy atom. The van der Waals surface area contributed by atoms with E-state index >= 15 is 0 Å². The Morgan fingerprint density at radius 3 is 2.58 bits per heavy atom. The van der Waals surface area contributed by atoms with Gasteiger partial charge in [0.05, 0.1) is 17.5 Å². The minimum atomic E-state index is -3.67. The predicted molar refractivity (Wildman–Crippen MR) is 119 cm³/mol. The lowest BCUT2D eigenvalue weighted by molar-refractivity contribution is -0.120. The Hall–Kier alpha value is -2.74. The topological polar surface area (TPSA) is 84.9 Å². The van der Waals surface area contributed by atoms with E-state index in [2.05, 4.69) is 17.4 Å². The monoisotopic (exact) mass is 444 g/mol. The van der Waals surface area contributed by atoms with Crippen LogP contribution in [0, 0.1) is 0 Å². The Labute approximate surface area is 183 Å². The summed E-state index contributed by atoms with van der Waals surface area (Å²) in [5, 5.41) is 2.95. The van der Waals surface area contributed by atoms with Crippen LogP contribution in [-0.2, 0) is 27.7 Å². The Morgan fingerprint density at radius 2 is 1.81 bits per heavy atom. The minimum Gasteiger partial charge on any atom is -0.486 e. The molecule has 0 spiro atoms. The van der Waals surface area contributed by atoms with Crippen molar-refractivity contribution >= 4 is 21.6 Å². The molecule has 0 radical (unpaired) electrons. The van der Waals surface area contributed by atoms with Gasteiger partial charge in [0.1, 0.15) is 19.8 Å². The Balaban J connectivity index is 1.51. The summed E-state index contributed by atoms with van der Waals surface area (Å²) in [5.74, 6) is 0.570. The molecule has 4 rings (SSSR count). The number of hydrogen-bond acceptors (Lipinski definition) is 5. The van der Waals surface area contributed by atoms with Crippen molar-refractivity contribution in [2.45, 2.75) is 39.2 Å². The molecule has 31 heavy (non-hydrogen) atoms. The van der Waals surface area contributed by atoms with Crippen molar-refractivity contribution in [3.8, 4) is 11.5 Å². The molecule has 0 saturated heterocycles. The van der Waals surface area contributed by atoms with Crippen LogP contribution in [0.4, 0.5) is 5.69 Å². The van der Waals surface area contributed by atoms with Crippen LogP contribution in [0.5, 0.6) is 11.5 Å². The zero-order valence-corrected chi connectivity index (χ0v) is 18.7. The molecule has 0 unspecified atom stereocenters. The SMILES string of the molecule is CCS(=O)(=O)N(CC(=O)N[C@H](C)c1ccc2c(c1)CCC2)c1ccc2c(c1)OCCO2. The lowest BCUT2D eigenvalue weighted by Crippen LogP contribution is -2.42. The summed E-state index contributed by atoms with van der Waals surface area (Å²) in [7, 11) is -3.67. The first kappa shape index (κ1) is 21.5. The van der Waals surface area contributed by atoms with Gasteiger partial charge in [-0.1, -0.05) is 18.2 Å². The normalized spacial score (nSPS) is 15.8. The molecule has 8 heteroatoms. The molecular weight excluding hydrogens is 416 g/mol. The lowest BCUT2D eigenvalue weighted by atomic mass is 10.0. The summed E-state index contributed by atoms with van der Waals surface area (Å²) in [4.78, 5) is 12.8. The van der Waals surface area contributed by atoms with E-state index in [1.165, 1.54) is 17.5 Å². The fourth-order valence-corrected chi connectivity index (χ4v) is 5.12. The van der Waals surface area contributed by atoms with Gasteiger partial charge in [0.25, 0.3) is 0 Å². The molecule has 2 aromatic rings. The predicted octanol–water partition coefficient (Wildman–Crippen LogP) is 2.98. The highest BCUT2D eigenvalue weighted by molar-refractivity contribution is 7.92. The quantitative estimate of drug-likeness (QED) is 0.710. The molecule has 166 valence electrons. The van der Waals surface area contributed by atoms with E-state index in [1.54, 1.807) is 25.1 Å². The number of fused-ring (bicyclic) bond motifs is 2. The molecule has 0 saturated carbocycles. The van der Waals surface area contributed by atoms with Crippen LogP contribution in [0.1, 0.15) is 43.0 Å². The van der Waals surface area contributed by atoms with Gasteiger partial charge in [-0.2, -0.15) is 0 Å². The van der Waals surface area contributed by atoms with Gasteiger partial charge < -0.3 is 14.8 Å². The Bertz CT molecular complexity index is 1080. The fourth-order valence-electron chi connectivity index (χ4n) is 4.06. The third-order valence-electron chi connectivity index (χ3n) is 5.80. The van der Waals surface area contributed by atoms with Gasteiger partial charge in [0.2, 0.25) is 15.9 Å². The van der Waals surface area contributed by atoms with Gasteiger partial charge in [0, 0.05) is 6.07 Å². The van der Waals surface area contributed by atoms with E-state index in [1.807, 2.05) is 13.0 Å². The number of aryl methyl sites for hydroxylation is 2. The zero-order chi connectivity index (χ0) is 22.0. The molecule has 0 bridgehead atoms. The van der Waals surface area contributed by atoms with Gasteiger partial charge in [0.15, 0.2) is 11.5 Å². The summed E-state index contributed by atoms with van der Waals surface area (Å²) in [6.07, 6.45) is 3.34. The number of hydrogen-bond donors (Lipinski definition) is 1. The summed E-state index contributed by atoms with van der Waals surface area (Å²) >= 11 is 0. The maximum atomic E-state index is 12.8. The number of ether oxygens (including phenoxy) is 2. The highest BCUT2D eigenvalue weighted by Gasteiger charge is 2.26. The molecule has 2 aromatic carbocycles.